The molecular weight excluding hydrogens is 887 g/mol. The van der Waals surface area contributed by atoms with Gasteiger partial charge in [0.2, 0.25) is 0 Å². The molecule has 4 aromatic carbocycles. The van der Waals surface area contributed by atoms with E-state index in [4.69, 9.17) is 9.47 Å². The van der Waals surface area contributed by atoms with E-state index in [9.17, 15) is 26.3 Å². The van der Waals surface area contributed by atoms with Gasteiger partial charge < -0.3 is 14.2 Å². The number of nitrogens with zero attached hydrogens (tertiary/aromatic N) is 8. The highest BCUT2D eigenvalue weighted by atomic mass is 19.4. The lowest BCUT2D eigenvalue weighted by atomic mass is 10.0. The van der Waals surface area contributed by atoms with Crippen LogP contribution < -0.4 is 14.2 Å². The normalized spacial score (nSPS) is 11.5. The van der Waals surface area contributed by atoms with Crippen LogP contribution in [0.5, 0.6) is 17.2 Å². The summed E-state index contributed by atoms with van der Waals surface area (Å²) in [6.45, 7) is 4.39. The van der Waals surface area contributed by atoms with E-state index in [1.54, 1.807) is 43.0 Å². The molecule has 0 bridgehead atoms. The monoisotopic (exact) mass is 934 g/mol. The van der Waals surface area contributed by atoms with Gasteiger partial charge in [-0.1, -0.05) is 46.8 Å². The summed E-state index contributed by atoms with van der Waals surface area (Å²) in [5.74, 6) is 1.24. The van der Waals surface area contributed by atoms with E-state index in [1.807, 2.05) is 64.2 Å². The van der Waals surface area contributed by atoms with Gasteiger partial charge in [-0.15, -0.1) is 23.4 Å². The molecule has 17 heteroatoms. The van der Waals surface area contributed by atoms with Gasteiger partial charge in [0.1, 0.15) is 30.5 Å². The summed E-state index contributed by atoms with van der Waals surface area (Å²) < 4.78 is 94.8. The average Bonchev–Trinajstić information content (AvgIpc) is 4.07. The zero-order valence-electron chi connectivity index (χ0n) is 37.1. The highest BCUT2D eigenvalue weighted by Gasteiger charge is 2.31. The molecule has 0 saturated carbocycles. The van der Waals surface area contributed by atoms with Gasteiger partial charge in [-0.3, -0.25) is 14.3 Å². The molecular formula is C51H48F6N8O3. The second-order valence-electron chi connectivity index (χ2n) is 15.8. The Hall–Kier alpha value is -7.56. The number of benzene rings is 4. The number of aryl methyl sites for hydroxylation is 5. The Morgan fingerprint density at radius 1 is 0.559 bits per heavy atom. The molecule has 0 aliphatic rings. The highest BCUT2D eigenvalue weighted by molar-refractivity contribution is 5.63. The van der Waals surface area contributed by atoms with Crippen molar-refractivity contribution in [3.05, 3.63) is 186 Å². The molecule has 68 heavy (non-hydrogen) atoms. The van der Waals surface area contributed by atoms with Gasteiger partial charge in [-0.2, -0.15) is 13.2 Å². The van der Waals surface area contributed by atoms with Crippen molar-refractivity contribution in [3.8, 4) is 39.6 Å². The van der Waals surface area contributed by atoms with Crippen LogP contribution in [-0.2, 0) is 45.3 Å². The van der Waals surface area contributed by atoms with Crippen LogP contribution in [0.4, 0.5) is 26.3 Å². The number of alkyl halides is 6. The first-order chi connectivity index (χ1) is 32.8. The molecule has 0 amide bonds. The molecule has 11 nitrogen and oxygen atoms in total. The Bertz CT molecular complexity index is 2750. The van der Waals surface area contributed by atoms with E-state index in [0.717, 1.165) is 86.4 Å². The predicted molar refractivity (Wildman–Crippen MR) is 243 cm³/mol. The summed E-state index contributed by atoms with van der Waals surface area (Å²) in [5.41, 5.74) is 7.33. The number of hydrogen-bond acceptors (Lipinski definition) is 9. The Labute approximate surface area is 389 Å². The molecule has 0 saturated heterocycles. The molecule has 0 fully saturated rings. The second-order valence-corrected chi connectivity index (χ2v) is 15.8. The molecule has 0 aliphatic heterocycles. The van der Waals surface area contributed by atoms with Crippen molar-refractivity contribution < 1.29 is 40.6 Å². The summed E-state index contributed by atoms with van der Waals surface area (Å²) in [7, 11) is 0. The minimum absolute atomic E-state index is 0.269. The topological polar surface area (TPSA) is 115 Å². The van der Waals surface area contributed by atoms with Gasteiger partial charge in [-0.25, -0.2) is 4.98 Å². The van der Waals surface area contributed by atoms with Crippen LogP contribution in [0, 0.1) is 6.92 Å². The zero-order chi connectivity index (χ0) is 47.8. The van der Waals surface area contributed by atoms with Crippen LogP contribution in [0.25, 0.3) is 22.4 Å². The standard InChI is InChI=1S/C26H25F3N4O2.C25H23F3N4O/c1-19-17-24(13-8-20(19)5-2-3-15-33-16-14-30-32-33)34-18-22-6-4-7-25(31-22)21-9-11-23(12-10-21)35-26(27,28)29;26-25(27,28)23-8-6-21(7-9-23)22-15-20(16-29-17-22)18-33-24-10-4-19(5-11-24)3-1-2-13-32-14-12-30-31-32/h4,6-14,16-17H,2-3,5,15,18H2,1H3;4-12,14-17H,1-3,13,18H2. The van der Waals surface area contributed by atoms with Gasteiger partial charge in [0.15, 0.2) is 0 Å². The number of hydrogen-bond donors (Lipinski definition) is 0. The Kier molecular flexibility index (Phi) is 16.5. The highest BCUT2D eigenvalue weighted by Crippen LogP contribution is 2.31. The molecule has 4 heterocycles. The summed E-state index contributed by atoms with van der Waals surface area (Å²) >= 11 is 0. The third-order valence-corrected chi connectivity index (χ3v) is 10.7. The van der Waals surface area contributed by atoms with Crippen LogP contribution in [0.2, 0.25) is 0 Å². The molecule has 8 aromatic rings. The Morgan fingerprint density at radius 2 is 1.19 bits per heavy atom. The lowest BCUT2D eigenvalue weighted by Crippen LogP contribution is -2.16. The summed E-state index contributed by atoms with van der Waals surface area (Å²) in [6, 6.07) is 32.1. The van der Waals surface area contributed by atoms with E-state index in [0.29, 0.717) is 29.1 Å². The average molecular weight is 935 g/mol. The number of aromatic nitrogens is 8. The number of halogens is 6. The summed E-state index contributed by atoms with van der Waals surface area (Å²) in [6.07, 6.45) is 7.49. The van der Waals surface area contributed by atoms with Gasteiger partial charge in [0, 0.05) is 54.6 Å². The second kappa shape index (κ2) is 23.3. The van der Waals surface area contributed by atoms with Crippen molar-refractivity contribution in [2.75, 3.05) is 0 Å². The largest absolute Gasteiger partial charge is 0.573 e. The molecule has 0 radical (unpaired) electrons. The molecule has 0 spiro atoms. The molecule has 0 atom stereocenters. The first-order valence-electron chi connectivity index (χ1n) is 21.9. The summed E-state index contributed by atoms with van der Waals surface area (Å²) in [4.78, 5) is 8.78. The lowest BCUT2D eigenvalue weighted by molar-refractivity contribution is -0.274. The molecule has 0 unspecified atom stereocenters. The van der Waals surface area contributed by atoms with Gasteiger partial charge >= 0.3 is 12.5 Å². The third-order valence-electron chi connectivity index (χ3n) is 10.7. The Balaban J connectivity index is 0.000000202. The number of unbranched alkanes of at least 4 members (excludes halogenated alkanes) is 2. The van der Waals surface area contributed by atoms with Crippen molar-refractivity contribution >= 4 is 0 Å². The molecule has 4 aromatic heterocycles. The minimum atomic E-state index is -4.72. The third kappa shape index (κ3) is 15.3. The fraction of sp³-hybridized carbons (Fsp3) is 0.255. The van der Waals surface area contributed by atoms with E-state index in [2.05, 4.69) is 60.5 Å². The van der Waals surface area contributed by atoms with E-state index in [1.165, 1.54) is 41.0 Å². The van der Waals surface area contributed by atoms with E-state index >= 15 is 0 Å². The fourth-order valence-electron chi connectivity index (χ4n) is 7.14. The van der Waals surface area contributed by atoms with Gasteiger partial charge in [0.05, 0.1) is 29.3 Å². The van der Waals surface area contributed by atoms with Crippen LogP contribution >= 0.6 is 0 Å². The van der Waals surface area contributed by atoms with Crippen molar-refractivity contribution in [1.82, 2.24) is 40.0 Å². The number of pyridine rings is 2. The fourth-order valence-corrected chi connectivity index (χ4v) is 7.14. The first kappa shape index (κ1) is 48.4. The number of rotatable bonds is 19. The van der Waals surface area contributed by atoms with E-state index in [-0.39, 0.29) is 12.4 Å². The van der Waals surface area contributed by atoms with Gasteiger partial charge in [0.25, 0.3) is 0 Å². The van der Waals surface area contributed by atoms with Crippen LogP contribution in [-0.4, -0.2) is 46.3 Å². The van der Waals surface area contributed by atoms with Crippen LogP contribution in [0.15, 0.2) is 152 Å². The van der Waals surface area contributed by atoms with Crippen LogP contribution in [0.3, 0.4) is 0 Å². The predicted octanol–water partition coefficient (Wildman–Crippen LogP) is 12.1. The molecule has 352 valence electrons. The van der Waals surface area contributed by atoms with Crippen molar-refractivity contribution in [1.29, 1.82) is 0 Å². The molecule has 8 rings (SSSR count). The SMILES string of the molecule is Cc1cc(OCc2cccc(-c3ccc(OC(F)(F)F)cc3)n2)ccc1CCCCn1ccnn1.FC(F)(F)c1ccc(-c2cncc(COc3ccc(CCCCn4ccnn4)cc3)c2)cc1. The summed E-state index contributed by atoms with van der Waals surface area (Å²) in [5, 5.41) is 15.5. The lowest BCUT2D eigenvalue weighted by Gasteiger charge is -2.11. The smallest absolute Gasteiger partial charge is 0.489 e. The van der Waals surface area contributed by atoms with Crippen molar-refractivity contribution in [3.63, 3.8) is 0 Å². The molecule has 0 N–H and O–H groups in total. The quantitative estimate of drug-likeness (QED) is 0.0577. The van der Waals surface area contributed by atoms with Crippen LogP contribution in [0.1, 0.15) is 59.2 Å². The zero-order valence-corrected chi connectivity index (χ0v) is 37.1. The maximum atomic E-state index is 12.8. The maximum Gasteiger partial charge on any atom is 0.573 e. The van der Waals surface area contributed by atoms with E-state index < -0.39 is 18.1 Å². The van der Waals surface area contributed by atoms with Crippen molar-refractivity contribution in [2.24, 2.45) is 0 Å². The van der Waals surface area contributed by atoms with Crippen molar-refractivity contribution in [2.45, 2.75) is 84.3 Å². The van der Waals surface area contributed by atoms with Gasteiger partial charge in [-0.05, 0) is 147 Å². The number of ether oxygens (including phenoxy) is 3. The Morgan fingerprint density at radius 3 is 1.82 bits per heavy atom. The molecule has 0 aliphatic carbocycles. The maximum absolute atomic E-state index is 12.8. The first-order valence-corrected chi connectivity index (χ1v) is 21.9. The minimum Gasteiger partial charge on any atom is -0.489 e.